The monoisotopic (exact) mass is 362 g/mol. The Morgan fingerprint density at radius 2 is 2.30 bits per heavy atom. The number of hydrogen-bond acceptors (Lipinski definition) is 7. The average molecular weight is 363 g/mol. The van der Waals surface area contributed by atoms with Crippen molar-refractivity contribution in [3.8, 4) is 0 Å². The molecule has 2 aromatic rings. The first kappa shape index (κ1) is 16.1. The summed E-state index contributed by atoms with van der Waals surface area (Å²) in [6.45, 7) is 6.16. The van der Waals surface area contributed by atoms with Crippen LogP contribution in [0.5, 0.6) is 0 Å². The van der Waals surface area contributed by atoms with Crippen LogP contribution in [0.25, 0.3) is 6.08 Å². The van der Waals surface area contributed by atoms with Gasteiger partial charge in [0.05, 0.1) is 4.91 Å². The molecule has 1 aliphatic heterocycles. The maximum absolute atomic E-state index is 12.6. The Bertz CT molecular complexity index is 777. The predicted octanol–water partition coefficient (Wildman–Crippen LogP) is 3.95. The van der Waals surface area contributed by atoms with E-state index in [2.05, 4.69) is 21.8 Å². The van der Waals surface area contributed by atoms with Gasteiger partial charge in [0.1, 0.15) is 5.01 Å². The van der Waals surface area contributed by atoms with E-state index < -0.39 is 0 Å². The summed E-state index contributed by atoms with van der Waals surface area (Å²) in [5.74, 6) is -0.0534. The molecular weight excluding hydrogens is 348 g/mol. The predicted molar refractivity (Wildman–Crippen MR) is 98.2 cm³/mol. The topological polar surface area (TPSA) is 58.5 Å². The third kappa shape index (κ3) is 3.60. The number of carbonyl (C=O) groups excluding carboxylic acids is 1. The summed E-state index contributed by atoms with van der Waals surface area (Å²) in [6, 6.07) is 3.95. The van der Waals surface area contributed by atoms with Crippen molar-refractivity contribution >= 4 is 56.7 Å². The normalized spacial score (nSPS) is 18.3. The van der Waals surface area contributed by atoms with Crippen LogP contribution in [0.2, 0.25) is 0 Å². The third-order valence-electron chi connectivity index (χ3n) is 2.97. The van der Waals surface area contributed by atoms with Gasteiger partial charge in [0.2, 0.25) is 5.13 Å². The molecule has 0 atom stereocenters. The molecule has 0 saturated carbocycles. The lowest BCUT2D eigenvalue weighted by atomic mass is 10.3. The lowest BCUT2D eigenvalue weighted by Crippen LogP contribution is -2.29. The van der Waals surface area contributed by atoms with Crippen molar-refractivity contribution < 1.29 is 4.79 Å². The first-order valence-corrected chi connectivity index (χ1v) is 9.49. The number of aryl methyl sites for hydroxylation is 1. The summed E-state index contributed by atoms with van der Waals surface area (Å²) in [4.78, 5) is 20.4. The van der Waals surface area contributed by atoms with Crippen molar-refractivity contribution in [1.29, 1.82) is 0 Å². The van der Waals surface area contributed by atoms with Gasteiger partial charge in [0.25, 0.3) is 5.91 Å². The molecule has 0 bridgehead atoms. The second kappa shape index (κ2) is 7.20. The van der Waals surface area contributed by atoms with E-state index in [4.69, 9.17) is 0 Å². The van der Waals surface area contributed by atoms with Gasteiger partial charge in [0, 0.05) is 11.4 Å². The zero-order valence-electron chi connectivity index (χ0n) is 12.4. The van der Waals surface area contributed by atoms with E-state index in [-0.39, 0.29) is 5.91 Å². The molecule has 0 N–H and O–H groups in total. The molecule has 3 heterocycles. The number of rotatable bonds is 5. The van der Waals surface area contributed by atoms with Gasteiger partial charge in [-0.1, -0.05) is 30.4 Å². The van der Waals surface area contributed by atoms with E-state index in [1.54, 1.807) is 22.3 Å². The number of hydrogen-bond donors (Lipinski definition) is 0. The maximum atomic E-state index is 12.6. The Labute approximate surface area is 146 Å². The standard InChI is InChI=1S/C15H14N4OS3/c1-3-7-19-13(20)11(9-10-6-5-8-21-10)22-15(19)16-14-18-17-12(4-2)23-14/h3,5-6,8-9H,1,4,7H2,2H3/b11-9-,16-15-. The molecule has 8 heteroatoms. The molecule has 1 saturated heterocycles. The van der Waals surface area contributed by atoms with Crippen molar-refractivity contribution in [3.63, 3.8) is 0 Å². The van der Waals surface area contributed by atoms with Gasteiger partial charge in [-0.25, -0.2) is 0 Å². The number of carbonyl (C=O) groups is 1. The van der Waals surface area contributed by atoms with Crippen LogP contribution in [0, 0.1) is 0 Å². The molecule has 1 amide bonds. The third-order valence-corrected chi connectivity index (χ3v) is 5.75. The lowest BCUT2D eigenvalue weighted by Gasteiger charge is -2.11. The summed E-state index contributed by atoms with van der Waals surface area (Å²) >= 11 is 4.40. The average Bonchev–Trinajstić information content (AvgIpc) is 3.26. The second-order valence-corrected chi connectivity index (χ2v) is 7.59. The van der Waals surface area contributed by atoms with Gasteiger partial charge >= 0.3 is 0 Å². The molecule has 2 aromatic heterocycles. The zero-order chi connectivity index (χ0) is 16.2. The first-order valence-electron chi connectivity index (χ1n) is 6.98. The zero-order valence-corrected chi connectivity index (χ0v) is 14.9. The number of aromatic nitrogens is 2. The van der Waals surface area contributed by atoms with Crippen LogP contribution < -0.4 is 0 Å². The highest BCUT2D eigenvalue weighted by Gasteiger charge is 2.33. The van der Waals surface area contributed by atoms with Crippen LogP contribution in [-0.2, 0) is 11.2 Å². The Hall–Kier alpha value is -1.77. The fourth-order valence-corrected chi connectivity index (χ4v) is 4.32. The van der Waals surface area contributed by atoms with E-state index >= 15 is 0 Å². The summed E-state index contributed by atoms with van der Waals surface area (Å²) in [7, 11) is 0. The van der Waals surface area contributed by atoms with E-state index in [1.807, 2.05) is 30.5 Å². The minimum atomic E-state index is -0.0534. The summed E-state index contributed by atoms with van der Waals surface area (Å²) in [5, 5.41) is 12.2. The molecule has 0 spiro atoms. The molecule has 5 nitrogen and oxygen atoms in total. The molecule has 3 rings (SSSR count). The molecule has 0 aromatic carbocycles. The van der Waals surface area contributed by atoms with Gasteiger partial charge in [-0.05, 0) is 35.7 Å². The number of aliphatic imine (C=N–C) groups is 1. The van der Waals surface area contributed by atoms with Crippen molar-refractivity contribution in [3.05, 3.63) is 45.0 Å². The number of amidine groups is 1. The van der Waals surface area contributed by atoms with Crippen LogP contribution >= 0.6 is 34.4 Å². The van der Waals surface area contributed by atoms with Crippen molar-refractivity contribution in [2.24, 2.45) is 4.99 Å². The Morgan fingerprint density at radius 3 is 2.96 bits per heavy atom. The van der Waals surface area contributed by atoms with Crippen LogP contribution in [-0.4, -0.2) is 32.7 Å². The largest absolute Gasteiger partial charge is 0.282 e. The quantitative estimate of drug-likeness (QED) is 0.597. The highest BCUT2D eigenvalue weighted by molar-refractivity contribution is 8.18. The van der Waals surface area contributed by atoms with Crippen molar-refractivity contribution in [2.45, 2.75) is 13.3 Å². The van der Waals surface area contributed by atoms with Crippen LogP contribution in [0.1, 0.15) is 16.8 Å². The fourth-order valence-electron chi connectivity index (χ4n) is 1.90. The number of thioether (sulfide) groups is 1. The van der Waals surface area contributed by atoms with E-state index in [1.165, 1.54) is 23.1 Å². The van der Waals surface area contributed by atoms with E-state index in [9.17, 15) is 4.79 Å². The van der Waals surface area contributed by atoms with Crippen LogP contribution in [0.3, 0.4) is 0 Å². The molecule has 1 fully saturated rings. The molecule has 23 heavy (non-hydrogen) atoms. The van der Waals surface area contributed by atoms with E-state index in [0.717, 1.165) is 16.3 Å². The molecule has 118 valence electrons. The van der Waals surface area contributed by atoms with Crippen molar-refractivity contribution in [2.75, 3.05) is 6.54 Å². The van der Waals surface area contributed by atoms with Gasteiger partial charge in [-0.3, -0.25) is 9.69 Å². The van der Waals surface area contributed by atoms with Crippen LogP contribution in [0.15, 0.2) is 40.1 Å². The molecule has 0 aliphatic carbocycles. The second-order valence-electron chi connectivity index (χ2n) is 4.56. The highest BCUT2D eigenvalue weighted by atomic mass is 32.2. The summed E-state index contributed by atoms with van der Waals surface area (Å²) in [6.07, 6.45) is 4.42. The number of amides is 1. The maximum Gasteiger partial charge on any atom is 0.267 e. The number of nitrogens with zero attached hydrogens (tertiary/aromatic N) is 4. The van der Waals surface area contributed by atoms with Crippen molar-refractivity contribution in [1.82, 2.24) is 15.1 Å². The lowest BCUT2D eigenvalue weighted by molar-refractivity contribution is -0.121. The van der Waals surface area contributed by atoms with Crippen LogP contribution in [0.4, 0.5) is 5.13 Å². The highest BCUT2D eigenvalue weighted by Crippen LogP contribution is 2.35. The molecule has 0 unspecified atom stereocenters. The van der Waals surface area contributed by atoms with Gasteiger partial charge in [0.15, 0.2) is 5.17 Å². The van der Waals surface area contributed by atoms with Gasteiger partial charge in [-0.2, -0.15) is 4.99 Å². The van der Waals surface area contributed by atoms with Gasteiger partial charge < -0.3 is 0 Å². The minimum Gasteiger partial charge on any atom is -0.282 e. The first-order chi connectivity index (χ1) is 11.2. The Morgan fingerprint density at radius 1 is 1.43 bits per heavy atom. The Kier molecular flexibility index (Phi) is 5.04. The SMILES string of the molecule is C=CCN1C(=O)/C(=C/c2cccs2)S/C1=N\c1nnc(CC)s1. The molecule has 0 radical (unpaired) electrons. The number of thiophene rings is 1. The van der Waals surface area contributed by atoms with Gasteiger partial charge in [-0.15, -0.1) is 28.1 Å². The summed E-state index contributed by atoms with van der Waals surface area (Å²) < 4.78 is 0. The molecular formula is C15H14N4OS3. The smallest absolute Gasteiger partial charge is 0.267 e. The summed E-state index contributed by atoms with van der Waals surface area (Å²) in [5.41, 5.74) is 0. The minimum absolute atomic E-state index is 0.0534. The fraction of sp³-hybridized carbons (Fsp3) is 0.200. The molecule has 1 aliphatic rings. The van der Waals surface area contributed by atoms with E-state index in [0.29, 0.717) is 21.7 Å². The Balaban J connectivity index is 1.91.